The van der Waals surface area contributed by atoms with Gasteiger partial charge < -0.3 is 10.2 Å². The smallest absolute Gasteiger partial charge is 0.240 e. The normalized spacial score (nSPS) is 38.7. The summed E-state index contributed by atoms with van der Waals surface area (Å²) in [5.41, 5.74) is 0. The molecule has 21 heavy (non-hydrogen) atoms. The molecule has 0 bridgehead atoms. The highest BCUT2D eigenvalue weighted by Gasteiger charge is 2.39. The first kappa shape index (κ1) is 15.3. The quantitative estimate of drug-likeness (QED) is 0.842. The molecule has 4 heteroatoms. The van der Waals surface area contributed by atoms with E-state index in [0.29, 0.717) is 11.9 Å². The lowest BCUT2D eigenvalue weighted by Gasteiger charge is -2.41. The first-order valence-electron chi connectivity index (χ1n) is 8.90. The van der Waals surface area contributed by atoms with Crippen molar-refractivity contribution in [3.63, 3.8) is 0 Å². The summed E-state index contributed by atoms with van der Waals surface area (Å²) < 4.78 is 0. The van der Waals surface area contributed by atoms with Gasteiger partial charge in [0.05, 0.1) is 6.04 Å². The topological polar surface area (TPSA) is 35.6 Å². The van der Waals surface area contributed by atoms with E-state index in [2.05, 4.69) is 29.0 Å². The summed E-state index contributed by atoms with van der Waals surface area (Å²) >= 11 is 0. The minimum atomic E-state index is 0.172. The van der Waals surface area contributed by atoms with E-state index in [4.69, 9.17) is 0 Å². The second kappa shape index (κ2) is 6.66. The van der Waals surface area contributed by atoms with Crippen LogP contribution in [-0.2, 0) is 4.79 Å². The molecule has 1 N–H and O–H groups in total. The lowest BCUT2D eigenvalue weighted by Crippen LogP contribution is -2.54. The zero-order valence-corrected chi connectivity index (χ0v) is 13.7. The molecule has 3 aliphatic rings. The number of likely N-dealkylation sites (tertiary alicyclic amines) is 1. The van der Waals surface area contributed by atoms with E-state index in [9.17, 15) is 4.79 Å². The molecule has 1 saturated carbocycles. The zero-order valence-electron chi connectivity index (χ0n) is 13.7. The van der Waals surface area contributed by atoms with E-state index in [-0.39, 0.29) is 6.04 Å². The highest BCUT2D eigenvalue weighted by atomic mass is 16.2. The van der Waals surface area contributed by atoms with Crippen LogP contribution in [-0.4, -0.2) is 60.5 Å². The van der Waals surface area contributed by atoms with Crippen LogP contribution in [0.3, 0.4) is 0 Å². The van der Waals surface area contributed by atoms with Gasteiger partial charge in [0.15, 0.2) is 0 Å². The lowest BCUT2D eigenvalue weighted by atomic mass is 9.79. The molecule has 2 heterocycles. The third-order valence-corrected chi connectivity index (χ3v) is 5.63. The fourth-order valence-electron chi connectivity index (χ4n) is 4.76. The molecular formula is C17H31N3O. The van der Waals surface area contributed by atoms with Crippen molar-refractivity contribution < 1.29 is 4.79 Å². The van der Waals surface area contributed by atoms with E-state index >= 15 is 0 Å². The molecule has 1 aliphatic carbocycles. The molecule has 120 valence electrons. The predicted molar refractivity (Wildman–Crippen MR) is 85.1 cm³/mol. The van der Waals surface area contributed by atoms with Crippen molar-refractivity contribution in [2.24, 2.45) is 11.8 Å². The number of carbonyl (C=O) groups is 1. The maximum atomic E-state index is 12.9. The molecular weight excluding hydrogens is 262 g/mol. The molecule has 3 unspecified atom stereocenters. The van der Waals surface area contributed by atoms with E-state index in [1.165, 1.54) is 25.7 Å². The monoisotopic (exact) mass is 293 g/mol. The van der Waals surface area contributed by atoms with Crippen LogP contribution in [0.2, 0.25) is 0 Å². The Hall–Kier alpha value is -0.610. The van der Waals surface area contributed by atoms with Crippen molar-refractivity contribution in [3.8, 4) is 0 Å². The van der Waals surface area contributed by atoms with Crippen molar-refractivity contribution in [1.29, 1.82) is 0 Å². The molecule has 0 aromatic carbocycles. The molecule has 3 fully saturated rings. The van der Waals surface area contributed by atoms with E-state index in [1.807, 2.05) is 0 Å². The van der Waals surface area contributed by atoms with Gasteiger partial charge >= 0.3 is 0 Å². The van der Waals surface area contributed by atoms with Crippen LogP contribution in [0.25, 0.3) is 0 Å². The highest BCUT2D eigenvalue weighted by Crippen LogP contribution is 2.35. The summed E-state index contributed by atoms with van der Waals surface area (Å²) in [6, 6.07) is 0.814. The van der Waals surface area contributed by atoms with Gasteiger partial charge in [-0.3, -0.25) is 9.69 Å². The van der Waals surface area contributed by atoms with Crippen LogP contribution in [0.4, 0.5) is 0 Å². The lowest BCUT2D eigenvalue weighted by molar-refractivity contribution is -0.137. The molecule has 2 saturated heterocycles. The SMILES string of the molecule is CC1CC(C)CC(N2CCCC2C(=O)N2CCNCC2)C1. The number of amides is 1. The largest absolute Gasteiger partial charge is 0.339 e. The number of rotatable bonds is 2. The number of hydrogen-bond donors (Lipinski definition) is 1. The van der Waals surface area contributed by atoms with Crippen LogP contribution >= 0.6 is 0 Å². The van der Waals surface area contributed by atoms with Gasteiger partial charge in [0.25, 0.3) is 0 Å². The van der Waals surface area contributed by atoms with Gasteiger partial charge in [-0.25, -0.2) is 0 Å². The summed E-state index contributed by atoms with van der Waals surface area (Å²) in [7, 11) is 0. The Morgan fingerprint density at radius 2 is 1.67 bits per heavy atom. The van der Waals surface area contributed by atoms with Gasteiger partial charge in [-0.2, -0.15) is 0 Å². The Balaban J connectivity index is 1.65. The molecule has 1 amide bonds. The van der Waals surface area contributed by atoms with E-state index < -0.39 is 0 Å². The molecule has 0 spiro atoms. The summed E-state index contributed by atoms with van der Waals surface area (Å²) in [6.07, 6.45) is 6.20. The Morgan fingerprint density at radius 1 is 1.00 bits per heavy atom. The summed E-state index contributed by atoms with van der Waals surface area (Å²) in [4.78, 5) is 17.5. The van der Waals surface area contributed by atoms with Crippen molar-refractivity contribution in [2.45, 2.75) is 58.0 Å². The molecule has 3 atom stereocenters. The van der Waals surface area contributed by atoms with Crippen LogP contribution in [0.15, 0.2) is 0 Å². The van der Waals surface area contributed by atoms with Crippen molar-refractivity contribution >= 4 is 5.91 Å². The van der Waals surface area contributed by atoms with Gasteiger partial charge in [0, 0.05) is 32.2 Å². The fraction of sp³-hybridized carbons (Fsp3) is 0.941. The zero-order chi connectivity index (χ0) is 14.8. The fourth-order valence-corrected chi connectivity index (χ4v) is 4.76. The molecule has 0 aromatic rings. The average molecular weight is 293 g/mol. The maximum Gasteiger partial charge on any atom is 0.240 e. The van der Waals surface area contributed by atoms with E-state index in [1.54, 1.807) is 0 Å². The minimum absolute atomic E-state index is 0.172. The molecule has 0 aromatic heterocycles. The Bertz CT molecular complexity index is 357. The first-order chi connectivity index (χ1) is 10.1. The highest BCUT2D eigenvalue weighted by molar-refractivity contribution is 5.82. The van der Waals surface area contributed by atoms with Crippen molar-refractivity contribution in [1.82, 2.24) is 15.1 Å². The third-order valence-electron chi connectivity index (χ3n) is 5.63. The van der Waals surface area contributed by atoms with Crippen LogP contribution in [0, 0.1) is 11.8 Å². The molecule has 3 rings (SSSR count). The maximum absolute atomic E-state index is 12.9. The van der Waals surface area contributed by atoms with Gasteiger partial charge in [-0.15, -0.1) is 0 Å². The standard InChI is InChI=1S/C17H31N3O/c1-13-10-14(2)12-15(11-13)20-7-3-4-16(20)17(21)19-8-5-18-6-9-19/h13-16,18H,3-12H2,1-2H3. The van der Waals surface area contributed by atoms with Crippen LogP contribution < -0.4 is 5.32 Å². The van der Waals surface area contributed by atoms with Gasteiger partial charge in [-0.1, -0.05) is 13.8 Å². The average Bonchev–Trinajstić information content (AvgIpc) is 2.96. The summed E-state index contributed by atoms with van der Waals surface area (Å²) in [5.74, 6) is 2.03. The third kappa shape index (κ3) is 3.42. The van der Waals surface area contributed by atoms with Crippen LogP contribution in [0.5, 0.6) is 0 Å². The predicted octanol–water partition coefficient (Wildman–Crippen LogP) is 1.71. The van der Waals surface area contributed by atoms with Gasteiger partial charge in [0.2, 0.25) is 5.91 Å². The van der Waals surface area contributed by atoms with Crippen molar-refractivity contribution in [2.75, 3.05) is 32.7 Å². The first-order valence-corrected chi connectivity index (χ1v) is 8.90. The number of hydrogen-bond acceptors (Lipinski definition) is 3. The number of piperazine rings is 1. The Labute approximate surface area is 129 Å². The van der Waals surface area contributed by atoms with Crippen LogP contribution in [0.1, 0.15) is 46.0 Å². The number of carbonyl (C=O) groups excluding carboxylic acids is 1. The number of nitrogens with zero attached hydrogens (tertiary/aromatic N) is 2. The van der Waals surface area contributed by atoms with Gasteiger partial charge in [-0.05, 0) is 50.5 Å². The van der Waals surface area contributed by atoms with Crippen molar-refractivity contribution in [3.05, 3.63) is 0 Å². The minimum Gasteiger partial charge on any atom is -0.339 e. The Kier molecular flexibility index (Phi) is 4.85. The Morgan fingerprint density at radius 3 is 2.33 bits per heavy atom. The molecule has 4 nitrogen and oxygen atoms in total. The second-order valence-electron chi connectivity index (χ2n) is 7.54. The second-order valence-corrected chi connectivity index (χ2v) is 7.54. The van der Waals surface area contributed by atoms with E-state index in [0.717, 1.165) is 51.0 Å². The summed E-state index contributed by atoms with van der Waals surface area (Å²) in [5, 5.41) is 3.34. The molecule has 0 radical (unpaired) electrons. The molecule has 2 aliphatic heterocycles. The summed E-state index contributed by atoms with van der Waals surface area (Å²) in [6.45, 7) is 9.58. The number of nitrogens with one attached hydrogen (secondary N) is 1. The van der Waals surface area contributed by atoms with Gasteiger partial charge in [0.1, 0.15) is 0 Å².